The lowest BCUT2D eigenvalue weighted by Gasteiger charge is -2.19. The van der Waals surface area contributed by atoms with Crippen LogP contribution in [-0.2, 0) is 4.79 Å². The maximum atomic E-state index is 12.3. The van der Waals surface area contributed by atoms with E-state index in [0.29, 0.717) is 17.1 Å². The van der Waals surface area contributed by atoms with Gasteiger partial charge in [-0.2, -0.15) is 5.10 Å². The maximum absolute atomic E-state index is 12.3. The number of methoxy groups -OCH3 is 1. The van der Waals surface area contributed by atoms with Crippen molar-refractivity contribution in [2.45, 2.75) is 39.0 Å². The monoisotopic (exact) mass is 394 g/mol. The quantitative estimate of drug-likeness (QED) is 0.344. The van der Waals surface area contributed by atoms with Crippen LogP contribution in [0.5, 0.6) is 11.5 Å². The highest BCUT2D eigenvalue weighted by atomic mass is 16.6. The van der Waals surface area contributed by atoms with Crippen LogP contribution in [0.15, 0.2) is 47.6 Å². The highest BCUT2D eigenvalue weighted by Gasteiger charge is 2.20. The molecule has 2 aromatic rings. The Balaban J connectivity index is 1.62. The van der Waals surface area contributed by atoms with Crippen LogP contribution in [0, 0.1) is 12.8 Å². The Hall–Kier alpha value is -3.15. The fraction of sp³-hybridized carbons (Fsp3) is 0.348. The zero-order valence-electron chi connectivity index (χ0n) is 16.8. The first-order valence-electron chi connectivity index (χ1n) is 9.86. The number of carbonyl (C=O) groups excluding carboxylic acids is 2. The molecule has 0 saturated heterocycles. The number of nitrogens with one attached hydrogen (secondary N) is 1. The van der Waals surface area contributed by atoms with Gasteiger partial charge in [0.1, 0.15) is 0 Å². The van der Waals surface area contributed by atoms with Crippen molar-refractivity contribution in [3.8, 4) is 11.5 Å². The number of ether oxygens (including phenoxy) is 2. The molecular weight excluding hydrogens is 368 g/mol. The summed E-state index contributed by atoms with van der Waals surface area (Å²) in [6, 6.07) is 12.3. The number of hydrogen-bond donors (Lipinski definition) is 1. The van der Waals surface area contributed by atoms with Crippen LogP contribution in [0.4, 0.5) is 0 Å². The number of hydrogen-bond acceptors (Lipinski definition) is 5. The maximum Gasteiger partial charge on any atom is 0.343 e. The van der Waals surface area contributed by atoms with Gasteiger partial charge in [-0.1, -0.05) is 37.0 Å². The van der Waals surface area contributed by atoms with Crippen LogP contribution >= 0.6 is 0 Å². The van der Waals surface area contributed by atoms with Crippen molar-refractivity contribution in [3.63, 3.8) is 0 Å². The van der Waals surface area contributed by atoms with E-state index in [2.05, 4.69) is 10.5 Å². The van der Waals surface area contributed by atoms with E-state index in [0.717, 1.165) is 36.8 Å². The number of nitrogens with zero attached hydrogens (tertiary/aromatic N) is 1. The Labute approximate surface area is 170 Å². The molecule has 0 atom stereocenters. The van der Waals surface area contributed by atoms with Gasteiger partial charge in [0, 0.05) is 5.92 Å². The number of amides is 1. The van der Waals surface area contributed by atoms with Gasteiger partial charge < -0.3 is 9.47 Å². The van der Waals surface area contributed by atoms with E-state index < -0.39 is 5.97 Å². The third-order valence-corrected chi connectivity index (χ3v) is 5.04. The predicted octanol–water partition coefficient (Wildman–Crippen LogP) is 4.25. The summed E-state index contributed by atoms with van der Waals surface area (Å²) in [6.07, 6.45) is 6.80. The minimum absolute atomic E-state index is 0.0310. The Morgan fingerprint density at radius 3 is 2.45 bits per heavy atom. The summed E-state index contributed by atoms with van der Waals surface area (Å²) in [7, 11) is 1.50. The molecular formula is C23H26N2O4. The molecule has 1 saturated carbocycles. The summed E-state index contributed by atoms with van der Waals surface area (Å²) >= 11 is 0. The second-order valence-electron chi connectivity index (χ2n) is 7.24. The van der Waals surface area contributed by atoms with E-state index in [9.17, 15) is 9.59 Å². The molecule has 1 N–H and O–H groups in total. The molecule has 0 spiro atoms. The Kier molecular flexibility index (Phi) is 7.00. The van der Waals surface area contributed by atoms with Crippen molar-refractivity contribution in [2.24, 2.45) is 11.0 Å². The summed E-state index contributed by atoms with van der Waals surface area (Å²) in [5.41, 5.74) is 4.87. The molecule has 0 bridgehead atoms. The Bertz CT molecular complexity index is 884. The van der Waals surface area contributed by atoms with Crippen LogP contribution in [0.25, 0.3) is 0 Å². The van der Waals surface area contributed by atoms with Gasteiger partial charge in [-0.3, -0.25) is 4.79 Å². The molecule has 29 heavy (non-hydrogen) atoms. The fourth-order valence-corrected chi connectivity index (χ4v) is 3.32. The SMILES string of the molecule is COc1cc(C=NNC(=O)C2CCCCC2)ccc1OC(=O)c1ccc(C)cc1. The Morgan fingerprint density at radius 1 is 1.03 bits per heavy atom. The lowest BCUT2D eigenvalue weighted by atomic mass is 9.89. The molecule has 0 aliphatic heterocycles. The van der Waals surface area contributed by atoms with Crippen molar-refractivity contribution in [3.05, 3.63) is 59.2 Å². The molecule has 0 unspecified atom stereocenters. The van der Waals surface area contributed by atoms with Crippen LogP contribution in [0.3, 0.4) is 0 Å². The largest absolute Gasteiger partial charge is 0.493 e. The zero-order valence-corrected chi connectivity index (χ0v) is 16.8. The van der Waals surface area contributed by atoms with Gasteiger partial charge in [-0.15, -0.1) is 0 Å². The molecule has 0 radical (unpaired) electrons. The fourth-order valence-electron chi connectivity index (χ4n) is 3.32. The molecule has 1 fully saturated rings. The summed E-state index contributed by atoms with van der Waals surface area (Å²) in [6.45, 7) is 1.95. The van der Waals surface area contributed by atoms with E-state index in [4.69, 9.17) is 9.47 Å². The zero-order chi connectivity index (χ0) is 20.6. The van der Waals surface area contributed by atoms with Crippen molar-refractivity contribution in [2.75, 3.05) is 7.11 Å². The van der Waals surface area contributed by atoms with Gasteiger partial charge in [0.05, 0.1) is 18.9 Å². The van der Waals surface area contributed by atoms with E-state index in [-0.39, 0.29) is 11.8 Å². The van der Waals surface area contributed by atoms with E-state index in [1.165, 1.54) is 13.5 Å². The minimum Gasteiger partial charge on any atom is -0.493 e. The van der Waals surface area contributed by atoms with Crippen LogP contribution in [-0.4, -0.2) is 25.2 Å². The third-order valence-electron chi connectivity index (χ3n) is 5.04. The van der Waals surface area contributed by atoms with Crippen LogP contribution < -0.4 is 14.9 Å². The summed E-state index contributed by atoms with van der Waals surface area (Å²) < 4.78 is 10.8. The molecule has 6 heteroatoms. The number of aryl methyl sites for hydroxylation is 1. The molecule has 1 aliphatic carbocycles. The average molecular weight is 394 g/mol. The minimum atomic E-state index is -0.454. The van der Waals surface area contributed by atoms with Gasteiger partial charge in [0.2, 0.25) is 5.91 Å². The van der Waals surface area contributed by atoms with Crippen LogP contribution in [0.2, 0.25) is 0 Å². The molecule has 0 aromatic heterocycles. The standard InChI is InChI=1S/C23H26N2O4/c1-16-8-11-19(12-9-16)23(27)29-20-13-10-17(14-21(20)28-2)15-24-25-22(26)18-6-4-3-5-7-18/h8-15,18H,3-7H2,1-2H3,(H,25,26). The molecule has 2 aromatic carbocycles. The number of benzene rings is 2. The van der Waals surface area contributed by atoms with Crippen molar-refractivity contribution < 1.29 is 19.1 Å². The molecule has 1 amide bonds. The normalized spacial score (nSPS) is 14.6. The van der Waals surface area contributed by atoms with Gasteiger partial charge in [0.25, 0.3) is 0 Å². The topological polar surface area (TPSA) is 77.0 Å². The van der Waals surface area contributed by atoms with Crippen molar-refractivity contribution in [1.82, 2.24) is 5.43 Å². The highest BCUT2D eigenvalue weighted by molar-refractivity contribution is 5.91. The summed E-state index contributed by atoms with van der Waals surface area (Å²) in [5, 5.41) is 4.05. The first kappa shape index (κ1) is 20.6. The Morgan fingerprint density at radius 2 is 1.76 bits per heavy atom. The second-order valence-corrected chi connectivity index (χ2v) is 7.24. The molecule has 152 valence electrons. The van der Waals surface area contributed by atoms with Gasteiger partial charge in [-0.25, -0.2) is 10.2 Å². The first-order valence-corrected chi connectivity index (χ1v) is 9.86. The van der Waals surface area contributed by atoms with Gasteiger partial charge >= 0.3 is 5.97 Å². The second kappa shape index (κ2) is 9.87. The number of hydrazone groups is 1. The van der Waals surface area contributed by atoms with E-state index >= 15 is 0 Å². The van der Waals surface area contributed by atoms with Gasteiger partial charge in [-0.05, 0) is 55.7 Å². The molecule has 0 heterocycles. The van der Waals surface area contributed by atoms with E-state index in [1.54, 1.807) is 36.5 Å². The summed E-state index contributed by atoms with van der Waals surface area (Å²) in [4.78, 5) is 24.5. The summed E-state index contributed by atoms with van der Waals surface area (Å²) in [5.74, 6) is 0.300. The number of carbonyl (C=O) groups is 2. The third kappa shape index (κ3) is 5.67. The lowest BCUT2D eigenvalue weighted by molar-refractivity contribution is -0.125. The first-order chi connectivity index (χ1) is 14.1. The molecule has 6 nitrogen and oxygen atoms in total. The average Bonchev–Trinajstić information content (AvgIpc) is 2.75. The van der Waals surface area contributed by atoms with Crippen LogP contribution in [0.1, 0.15) is 53.6 Å². The molecule has 1 aliphatic rings. The number of esters is 1. The van der Waals surface area contributed by atoms with Crippen molar-refractivity contribution in [1.29, 1.82) is 0 Å². The lowest BCUT2D eigenvalue weighted by Crippen LogP contribution is -2.28. The predicted molar refractivity (Wildman–Crippen MR) is 111 cm³/mol. The smallest absolute Gasteiger partial charge is 0.343 e. The van der Waals surface area contributed by atoms with Gasteiger partial charge in [0.15, 0.2) is 11.5 Å². The molecule has 3 rings (SSSR count). The van der Waals surface area contributed by atoms with Crippen molar-refractivity contribution >= 4 is 18.1 Å². The highest BCUT2D eigenvalue weighted by Crippen LogP contribution is 2.28. The number of rotatable bonds is 6. The van der Waals surface area contributed by atoms with E-state index in [1.807, 2.05) is 19.1 Å².